The maximum absolute atomic E-state index is 10.7. The van der Waals surface area contributed by atoms with Crippen molar-refractivity contribution in [3.63, 3.8) is 0 Å². The quantitative estimate of drug-likeness (QED) is 0.686. The molecule has 0 bridgehead atoms. The fourth-order valence-electron chi connectivity index (χ4n) is 2.61. The highest BCUT2D eigenvalue weighted by atomic mass is 16.6. The van der Waals surface area contributed by atoms with Crippen molar-refractivity contribution in [2.24, 2.45) is 0 Å². The summed E-state index contributed by atoms with van der Waals surface area (Å²) in [4.78, 5) is 10.3. The minimum atomic E-state index is -0.380. The van der Waals surface area contributed by atoms with Gasteiger partial charge in [-0.05, 0) is 30.5 Å². The van der Waals surface area contributed by atoms with Gasteiger partial charge in [-0.25, -0.2) is 0 Å². The van der Waals surface area contributed by atoms with E-state index in [-0.39, 0.29) is 16.7 Å². The molecule has 1 heterocycles. The summed E-state index contributed by atoms with van der Waals surface area (Å²) in [5.74, 6) is 0.855. The highest BCUT2D eigenvalue weighted by Crippen LogP contribution is 2.36. The van der Waals surface area contributed by atoms with Crippen LogP contribution in [-0.2, 0) is 6.42 Å². The Kier molecular flexibility index (Phi) is 3.48. The highest BCUT2D eigenvalue weighted by molar-refractivity contribution is 5.61. The fraction of sp³-hybridized carbons (Fsp3) is 0.250. The van der Waals surface area contributed by atoms with E-state index in [1.54, 1.807) is 12.1 Å². The summed E-state index contributed by atoms with van der Waals surface area (Å²) in [6.07, 6.45) is 0.875. The second kappa shape index (κ2) is 5.44. The van der Waals surface area contributed by atoms with Crippen LogP contribution in [0.25, 0.3) is 0 Å². The number of nitrogens with zero attached hydrogens (tertiary/aromatic N) is 1. The molecule has 0 saturated heterocycles. The van der Waals surface area contributed by atoms with Crippen LogP contribution < -0.4 is 10.1 Å². The average Bonchev–Trinajstić information content (AvgIpc) is 2.91. The van der Waals surface area contributed by atoms with Crippen LogP contribution in [0.5, 0.6) is 5.75 Å². The molecule has 3 rings (SSSR count). The number of rotatable bonds is 4. The van der Waals surface area contributed by atoms with Crippen molar-refractivity contribution >= 4 is 11.4 Å². The van der Waals surface area contributed by atoms with Crippen LogP contribution in [0.4, 0.5) is 11.4 Å². The van der Waals surface area contributed by atoms with Crippen molar-refractivity contribution in [3.8, 4) is 5.75 Å². The van der Waals surface area contributed by atoms with Crippen molar-refractivity contribution in [3.05, 3.63) is 63.7 Å². The van der Waals surface area contributed by atoms with Gasteiger partial charge in [0, 0.05) is 23.9 Å². The molecule has 0 saturated carbocycles. The predicted octanol–water partition coefficient (Wildman–Crippen LogP) is 3.70. The summed E-state index contributed by atoms with van der Waals surface area (Å²) < 4.78 is 5.50. The zero-order valence-electron chi connectivity index (χ0n) is 11.7. The molecular formula is C16H16N2O3. The Hall–Kier alpha value is -2.56. The molecule has 2 aromatic rings. The molecule has 1 aliphatic rings. The normalized spacial score (nSPS) is 16.1. The molecule has 0 aliphatic carbocycles. The lowest BCUT2D eigenvalue weighted by Gasteiger charge is -2.11. The number of fused-ring (bicyclic) bond motifs is 1. The Bertz CT molecular complexity index is 668. The SMILES string of the molecule is CCOc1ccc2c(c1)NC(c1ccc([N+](=O)[O-])cc1)C2. The van der Waals surface area contributed by atoms with E-state index >= 15 is 0 Å². The van der Waals surface area contributed by atoms with Gasteiger partial charge in [-0.3, -0.25) is 10.1 Å². The third kappa shape index (κ3) is 2.67. The Morgan fingerprint density at radius 2 is 2.05 bits per heavy atom. The van der Waals surface area contributed by atoms with E-state index in [0.29, 0.717) is 6.61 Å². The van der Waals surface area contributed by atoms with Gasteiger partial charge in [0.15, 0.2) is 0 Å². The van der Waals surface area contributed by atoms with Crippen molar-refractivity contribution in [1.29, 1.82) is 0 Å². The van der Waals surface area contributed by atoms with Crippen LogP contribution in [-0.4, -0.2) is 11.5 Å². The first-order valence-electron chi connectivity index (χ1n) is 6.94. The summed E-state index contributed by atoms with van der Waals surface area (Å²) in [7, 11) is 0. The number of nitro benzene ring substituents is 1. The number of nitro groups is 1. The first-order chi connectivity index (χ1) is 10.2. The van der Waals surface area contributed by atoms with Gasteiger partial charge in [0.05, 0.1) is 17.6 Å². The van der Waals surface area contributed by atoms with E-state index in [2.05, 4.69) is 11.4 Å². The van der Waals surface area contributed by atoms with Crippen LogP contribution in [0.3, 0.4) is 0 Å². The van der Waals surface area contributed by atoms with E-state index < -0.39 is 0 Å². The van der Waals surface area contributed by atoms with E-state index in [9.17, 15) is 10.1 Å². The number of hydrogen-bond acceptors (Lipinski definition) is 4. The van der Waals surface area contributed by atoms with Crippen LogP contribution in [0.2, 0.25) is 0 Å². The average molecular weight is 284 g/mol. The van der Waals surface area contributed by atoms with Crippen LogP contribution in [0.15, 0.2) is 42.5 Å². The molecule has 21 heavy (non-hydrogen) atoms. The fourth-order valence-corrected chi connectivity index (χ4v) is 2.61. The number of non-ortho nitro benzene ring substituents is 1. The monoisotopic (exact) mass is 284 g/mol. The van der Waals surface area contributed by atoms with Gasteiger partial charge in [-0.1, -0.05) is 18.2 Å². The van der Waals surface area contributed by atoms with Crippen molar-refractivity contribution in [1.82, 2.24) is 0 Å². The van der Waals surface area contributed by atoms with Gasteiger partial charge in [-0.2, -0.15) is 0 Å². The van der Waals surface area contributed by atoms with Gasteiger partial charge >= 0.3 is 0 Å². The molecule has 0 aromatic heterocycles. The molecular weight excluding hydrogens is 268 g/mol. The Balaban J connectivity index is 1.79. The number of hydrogen-bond donors (Lipinski definition) is 1. The lowest BCUT2D eigenvalue weighted by molar-refractivity contribution is -0.384. The molecule has 2 aromatic carbocycles. The van der Waals surface area contributed by atoms with E-state index in [1.807, 2.05) is 31.2 Å². The smallest absolute Gasteiger partial charge is 0.269 e. The molecule has 108 valence electrons. The summed E-state index contributed by atoms with van der Waals surface area (Å²) in [6, 6.07) is 12.9. The summed E-state index contributed by atoms with van der Waals surface area (Å²) in [5, 5.41) is 14.1. The number of benzene rings is 2. The summed E-state index contributed by atoms with van der Waals surface area (Å²) in [5.41, 5.74) is 3.48. The standard InChI is InChI=1S/C16H16N2O3/c1-2-21-14-8-5-12-9-15(17-16(12)10-14)11-3-6-13(7-4-11)18(19)20/h3-8,10,15,17H,2,9H2,1H3. The molecule has 0 radical (unpaired) electrons. The maximum atomic E-state index is 10.7. The van der Waals surface area contributed by atoms with Crippen molar-refractivity contribution < 1.29 is 9.66 Å². The third-order valence-electron chi connectivity index (χ3n) is 3.65. The molecule has 5 heteroatoms. The molecule has 5 nitrogen and oxygen atoms in total. The van der Waals surface area contributed by atoms with Gasteiger partial charge in [-0.15, -0.1) is 0 Å². The lowest BCUT2D eigenvalue weighted by atomic mass is 10.0. The summed E-state index contributed by atoms with van der Waals surface area (Å²) >= 11 is 0. The zero-order chi connectivity index (χ0) is 14.8. The van der Waals surface area contributed by atoms with Crippen LogP contribution in [0, 0.1) is 10.1 Å². The van der Waals surface area contributed by atoms with Crippen LogP contribution >= 0.6 is 0 Å². The van der Waals surface area contributed by atoms with Crippen molar-refractivity contribution in [2.45, 2.75) is 19.4 Å². The molecule has 1 atom stereocenters. The topological polar surface area (TPSA) is 64.4 Å². The molecule has 0 spiro atoms. The second-order valence-electron chi connectivity index (χ2n) is 5.00. The third-order valence-corrected chi connectivity index (χ3v) is 3.65. The van der Waals surface area contributed by atoms with E-state index in [4.69, 9.17) is 4.74 Å². The maximum Gasteiger partial charge on any atom is 0.269 e. The van der Waals surface area contributed by atoms with Crippen molar-refractivity contribution in [2.75, 3.05) is 11.9 Å². The van der Waals surface area contributed by atoms with Gasteiger partial charge < -0.3 is 10.1 Å². The Morgan fingerprint density at radius 3 is 2.71 bits per heavy atom. The van der Waals surface area contributed by atoms with E-state index in [1.165, 1.54) is 5.56 Å². The molecule has 0 fully saturated rings. The van der Waals surface area contributed by atoms with E-state index in [0.717, 1.165) is 23.4 Å². The molecule has 1 unspecified atom stereocenters. The van der Waals surface area contributed by atoms with Crippen LogP contribution in [0.1, 0.15) is 24.1 Å². The molecule has 1 aliphatic heterocycles. The predicted molar refractivity (Wildman–Crippen MR) is 80.8 cm³/mol. The van der Waals surface area contributed by atoms with Gasteiger partial charge in [0.2, 0.25) is 0 Å². The van der Waals surface area contributed by atoms with Gasteiger partial charge in [0.25, 0.3) is 5.69 Å². The number of ether oxygens (including phenoxy) is 1. The lowest BCUT2D eigenvalue weighted by Crippen LogP contribution is -2.05. The molecule has 0 amide bonds. The summed E-state index contributed by atoms with van der Waals surface area (Å²) in [6.45, 7) is 2.60. The second-order valence-corrected chi connectivity index (χ2v) is 5.00. The first-order valence-corrected chi connectivity index (χ1v) is 6.94. The first kappa shape index (κ1) is 13.4. The van der Waals surface area contributed by atoms with Gasteiger partial charge in [0.1, 0.15) is 5.75 Å². The minimum absolute atomic E-state index is 0.118. The Morgan fingerprint density at radius 1 is 1.29 bits per heavy atom. The minimum Gasteiger partial charge on any atom is -0.494 e. The number of anilines is 1. The number of nitrogens with one attached hydrogen (secondary N) is 1. The Labute approximate surface area is 122 Å². The highest BCUT2D eigenvalue weighted by Gasteiger charge is 2.22. The molecule has 1 N–H and O–H groups in total. The largest absolute Gasteiger partial charge is 0.494 e. The zero-order valence-corrected chi connectivity index (χ0v) is 11.7.